The molecule has 25 heavy (non-hydrogen) atoms. The molecule has 1 saturated carbocycles. The van der Waals surface area contributed by atoms with Crippen molar-refractivity contribution < 1.29 is 14.3 Å². The minimum atomic E-state index is -0.358. The quantitative estimate of drug-likeness (QED) is 0.893. The van der Waals surface area contributed by atoms with Crippen molar-refractivity contribution >= 4 is 34.0 Å². The van der Waals surface area contributed by atoms with Gasteiger partial charge >= 0.3 is 0 Å². The van der Waals surface area contributed by atoms with Crippen LogP contribution in [0.2, 0.25) is 0 Å². The van der Waals surface area contributed by atoms with E-state index in [2.05, 4.69) is 10.3 Å². The number of benzene rings is 1. The van der Waals surface area contributed by atoms with E-state index in [1.165, 1.54) is 24.2 Å². The highest BCUT2D eigenvalue weighted by Crippen LogP contribution is 2.41. The van der Waals surface area contributed by atoms with Crippen LogP contribution in [0.3, 0.4) is 0 Å². The number of methoxy groups -OCH3 is 1. The fourth-order valence-corrected chi connectivity index (χ4v) is 3.81. The number of nitrogens with one attached hydrogen (secondary N) is 1. The molecule has 1 aliphatic carbocycles. The van der Waals surface area contributed by atoms with E-state index in [1.54, 1.807) is 12.0 Å². The third-order valence-corrected chi connectivity index (χ3v) is 5.40. The SMILES string of the molecule is COc1ccc(N2CC(C(=O)Nc3nc(C4CC4)cs3)CC2=O)cc1. The summed E-state index contributed by atoms with van der Waals surface area (Å²) in [5, 5.41) is 5.51. The van der Waals surface area contributed by atoms with Crippen molar-refractivity contribution in [1.29, 1.82) is 0 Å². The second-order valence-corrected chi connectivity index (χ2v) is 7.30. The van der Waals surface area contributed by atoms with E-state index in [0.29, 0.717) is 17.6 Å². The van der Waals surface area contributed by atoms with Crippen LogP contribution in [0.4, 0.5) is 10.8 Å². The molecule has 2 amide bonds. The number of amides is 2. The van der Waals surface area contributed by atoms with Gasteiger partial charge in [-0.15, -0.1) is 11.3 Å². The second kappa shape index (κ2) is 6.48. The smallest absolute Gasteiger partial charge is 0.231 e. The van der Waals surface area contributed by atoms with Crippen molar-refractivity contribution in [2.75, 3.05) is 23.9 Å². The number of hydrogen-bond acceptors (Lipinski definition) is 5. The zero-order valence-electron chi connectivity index (χ0n) is 13.9. The van der Waals surface area contributed by atoms with E-state index in [1.807, 2.05) is 29.6 Å². The minimum Gasteiger partial charge on any atom is -0.497 e. The number of rotatable bonds is 5. The summed E-state index contributed by atoms with van der Waals surface area (Å²) in [6.45, 7) is 0.387. The van der Waals surface area contributed by atoms with Gasteiger partial charge in [-0.2, -0.15) is 0 Å². The Bertz CT molecular complexity index is 798. The molecule has 2 aromatic rings. The zero-order valence-corrected chi connectivity index (χ0v) is 14.7. The van der Waals surface area contributed by atoms with Gasteiger partial charge in [0.2, 0.25) is 11.8 Å². The number of anilines is 2. The lowest BCUT2D eigenvalue weighted by Crippen LogP contribution is -2.28. The summed E-state index contributed by atoms with van der Waals surface area (Å²) in [6.07, 6.45) is 2.59. The van der Waals surface area contributed by atoms with Gasteiger partial charge in [0.15, 0.2) is 5.13 Å². The van der Waals surface area contributed by atoms with Gasteiger partial charge in [0.05, 0.1) is 18.7 Å². The summed E-state index contributed by atoms with van der Waals surface area (Å²) in [4.78, 5) is 30.9. The summed E-state index contributed by atoms with van der Waals surface area (Å²) in [5.74, 6) is 0.771. The molecule has 7 heteroatoms. The lowest BCUT2D eigenvalue weighted by molar-refractivity contribution is -0.122. The second-order valence-electron chi connectivity index (χ2n) is 6.44. The molecule has 2 aliphatic rings. The molecular weight excluding hydrogens is 338 g/mol. The van der Waals surface area contributed by atoms with Crippen LogP contribution in [0.25, 0.3) is 0 Å². The Kier molecular flexibility index (Phi) is 4.17. The van der Waals surface area contributed by atoms with Gasteiger partial charge in [0.25, 0.3) is 0 Å². The van der Waals surface area contributed by atoms with Crippen LogP contribution in [-0.4, -0.2) is 30.5 Å². The van der Waals surface area contributed by atoms with Crippen molar-refractivity contribution in [3.05, 3.63) is 35.3 Å². The van der Waals surface area contributed by atoms with Crippen LogP contribution in [0.5, 0.6) is 5.75 Å². The molecular formula is C18H19N3O3S. The predicted molar refractivity (Wildman–Crippen MR) is 96.2 cm³/mol. The third-order valence-electron chi connectivity index (χ3n) is 4.63. The van der Waals surface area contributed by atoms with Crippen LogP contribution in [0.1, 0.15) is 30.9 Å². The van der Waals surface area contributed by atoms with E-state index in [0.717, 1.165) is 17.1 Å². The van der Waals surface area contributed by atoms with Crippen LogP contribution in [0, 0.1) is 5.92 Å². The topological polar surface area (TPSA) is 71.5 Å². The van der Waals surface area contributed by atoms with Crippen molar-refractivity contribution in [1.82, 2.24) is 4.98 Å². The fraction of sp³-hybridized carbons (Fsp3) is 0.389. The van der Waals surface area contributed by atoms with Crippen LogP contribution in [0.15, 0.2) is 29.6 Å². The van der Waals surface area contributed by atoms with Gasteiger partial charge in [-0.1, -0.05) is 0 Å². The number of aromatic nitrogens is 1. The van der Waals surface area contributed by atoms with Crippen LogP contribution in [-0.2, 0) is 9.59 Å². The molecule has 1 saturated heterocycles. The molecule has 1 unspecified atom stereocenters. The third kappa shape index (κ3) is 3.37. The Hall–Kier alpha value is -2.41. The summed E-state index contributed by atoms with van der Waals surface area (Å²) < 4.78 is 5.13. The summed E-state index contributed by atoms with van der Waals surface area (Å²) >= 11 is 1.45. The number of ether oxygens (including phenoxy) is 1. The molecule has 0 spiro atoms. The maximum atomic E-state index is 12.5. The average Bonchev–Trinajstić information content (AvgIpc) is 3.25. The summed E-state index contributed by atoms with van der Waals surface area (Å²) in [5.41, 5.74) is 1.86. The lowest BCUT2D eigenvalue weighted by Gasteiger charge is -2.16. The van der Waals surface area contributed by atoms with E-state index in [9.17, 15) is 9.59 Å². The molecule has 1 atom stereocenters. The molecule has 2 heterocycles. The molecule has 130 valence electrons. The minimum absolute atomic E-state index is 0.0388. The van der Waals surface area contributed by atoms with Gasteiger partial charge in [-0.25, -0.2) is 4.98 Å². The zero-order chi connectivity index (χ0) is 17.4. The first-order valence-electron chi connectivity index (χ1n) is 8.35. The molecule has 1 aromatic carbocycles. The Morgan fingerprint density at radius 1 is 1.32 bits per heavy atom. The van der Waals surface area contributed by atoms with E-state index in [4.69, 9.17) is 4.74 Å². The monoisotopic (exact) mass is 357 g/mol. The highest BCUT2D eigenvalue weighted by atomic mass is 32.1. The van der Waals surface area contributed by atoms with Gasteiger partial charge in [-0.3, -0.25) is 9.59 Å². The first kappa shape index (κ1) is 16.1. The van der Waals surface area contributed by atoms with Gasteiger partial charge in [0, 0.05) is 30.0 Å². The lowest BCUT2D eigenvalue weighted by atomic mass is 10.1. The standard InChI is InChI=1S/C18H19N3O3S/c1-24-14-6-4-13(5-7-14)21-9-12(8-16(21)22)17(23)20-18-19-15(10-25-18)11-2-3-11/h4-7,10-12H,2-3,8-9H2,1H3,(H,19,20,23). The van der Waals surface area contributed by atoms with Crippen molar-refractivity contribution in [3.63, 3.8) is 0 Å². The fourth-order valence-electron chi connectivity index (χ4n) is 3.01. The Morgan fingerprint density at radius 2 is 2.08 bits per heavy atom. The number of nitrogens with zero attached hydrogens (tertiary/aromatic N) is 2. The Labute approximate surface area is 149 Å². The first-order valence-corrected chi connectivity index (χ1v) is 9.22. The van der Waals surface area contributed by atoms with Gasteiger partial charge in [0.1, 0.15) is 5.75 Å². The number of carbonyl (C=O) groups is 2. The molecule has 4 rings (SSSR count). The first-order chi connectivity index (χ1) is 12.1. The normalized spacial score (nSPS) is 20.0. The van der Waals surface area contributed by atoms with E-state index >= 15 is 0 Å². The number of hydrogen-bond donors (Lipinski definition) is 1. The Balaban J connectivity index is 1.40. The van der Waals surface area contributed by atoms with Crippen molar-refractivity contribution in [2.24, 2.45) is 5.92 Å². The number of thiazole rings is 1. The number of carbonyl (C=O) groups excluding carboxylic acids is 2. The molecule has 0 bridgehead atoms. The van der Waals surface area contributed by atoms with Crippen molar-refractivity contribution in [2.45, 2.75) is 25.2 Å². The Morgan fingerprint density at radius 3 is 2.76 bits per heavy atom. The molecule has 0 radical (unpaired) electrons. The largest absolute Gasteiger partial charge is 0.497 e. The maximum absolute atomic E-state index is 12.5. The van der Waals surface area contributed by atoms with Crippen molar-refractivity contribution in [3.8, 4) is 5.75 Å². The molecule has 1 aliphatic heterocycles. The molecule has 6 nitrogen and oxygen atoms in total. The summed E-state index contributed by atoms with van der Waals surface area (Å²) in [6, 6.07) is 7.29. The van der Waals surface area contributed by atoms with E-state index in [-0.39, 0.29) is 24.2 Å². The van der Waals surface area contributed by atoms with Gasteiger partial charge in [-0.05, 0) is 37.1 Å². The predicted octanol–water partition coefficient (Wildman–Crippen LogP) is 3.02. The molecule has 1 aromatic heterocycles. The maximum Gasteiger partial charge on any atom is 0.231 e. The highest BCUT2D eigenvalue weighted by molar-refractivity contribution is 7.13. The van der Waals surface area contributed by atoms with E-state index < -0.39 is 0 Å². The molecule has 1 N–H and O–H groups in total. The van der Waals surface area contributed by atoms with Gasteiger partial charge < -0.3 is 15.0 Å². The average molecular weight is 357 g/mol. The van der Waals surface area contributed by atoms with Crippen LogP contribution < -0.4 is 15.0 Å². The highest BCUT2D eigenvalue weighted by Gasteiger charge is 2.35. The van der Waals surface area contributed by atoms with Crippen LogP contribution >= 0.6 is 11.3 Å². The summed E-state index contributed by atoms with van der Waals surface area (Å²) in [7, 11) is 1.60. The molecule has 2 fully saturated rings.